The molecule has 0 bridgehead atoms. The first-order valence-corrected chi connectivity index (χ1v) is 4.15. The molecule has 3 nitrogen and oxygen atoms in total. The first-order chi connectivity index (χ1) is 6.29. The van der Waals surface area contributed by atoms with Crippen molar-refractivity contribution in [3.8, 4) is 5.75 Å². The number of methoxy groups -OCH3 is 1. The Morgan fingerprint density at radius 2 is 2.54 bits per heavy atom. The van der Waals surface area contributed by atoms with E-state index in [-0.39, 0.29) is 6.04 Å². The summed E-state index contributed by atoms with van der Waals surface area (Å²) in [6.45, 7) is 3.63. The van der Waals surface area contributed by atoms with Gasteiger partial charge in [0.1, 0.15) is 5.75 Å². The second kappa shape index (κ2) is 4.62. The Bertz CT molecular complexity index is 286. The summed E-state index contributed by atoms with van der Waals surface area (Å²) in [6, 6.07) is 3.54. The Kier molecular flexibility index (Phi) is 3.46. The van der Waals surface area contributed by atoms with Crippen LogP contribution in [0.1, 0.15) is 18.2 Å². The van der Waals surface area contributed by atoms with Gasteiger partial charge < -0.3 is 10.5 Å². The number of ether oxygens (including phenoxy) is 1. The van der Waals surface area contributed by atoms with Crippen molar-refractivity contribution in [2.45, 2.75) is 12.5 Å². The highest BCUT2D eigenvalue weighted by atomic mass is 16.5. The standard InChI is InChI=1S/C10H14N2O/c1-3-5-8(11)10-9(13-2)6-4-7-12-10/h3-4,6-8H,1,5,11H2,2H3/t8-/m1/s1. The number of nitrogens with zero attached hydrogens (tertiary/aromatic N) is 1. The van der Waals surface area contributed by atoms with Gasteiger partial charge in [0.15, 0.2) is 0 Å². The maximum Gasteiger partial charge on any atom is 0.141 e. The van der Waals surface area contributed by atoms with Crippen molar-refractivity contribution in [3.05, 3.63) is 36.7 Å². The van der Waals surface area contributed by atoms with E-state index in [0.717, 1.165) is 11.4 Å². The van der Waals surface area contributed by atoms with E-state index >= 15 is 0 Å². The van der Waals surface area contributed by atoms with Crippen LogP contribution in [0.15, 0.2) is 31.0 Å². The van der Waals surface area contributed by atoms with Crippen LogP contribution in [-0.4, -0.2) is 12.1 Å². The van der Waals surface area contributed by atoms with Crippen LogP contribution in [-0.2, 0) is 0 Å². The van der Waals surface area contributed by atoms with Crippen molar-refractivity contribution in [2.24, 2.45) is 5.73 Å². The molecule has 70 valence electrons. The lowest BCUT2D eigenvalue weighted by molar-refractivity contribution is 0.402. The highest BCUT2D eigenvalue weighted by Gasteiger charge is 2.10. The molecule has 1 heterocycles. The molecule has 1 aromatic heterocycles. The van der Waals surface area contributed by atoms with E-state index in [9.17, 15) is 0 Å². The molecule has 0 aliphatic heterocycles. The lowest BCUT2D eigenvalue weighted by atomic mass is 10.1. The Morgan fingerprint density at radius 3 is 3.15 bits per heavy atom. The number of hydrogen-bond donors (Lipinski definition) is 1. The summed E-state index contributed by atoms with van der Waals surface area (Å²) in [5.74, 6) is 0.733. The van der Waals surface area contributed by atoms with E-state index in [1.165, 1.54) is 0 Å². The minimum Gasteiger partial charge on any atom is -0.495 e. The highest BCUT2D eigenvalue weighted by Crippen LogP contribution is 2.22. The first kappa shape index (κ1) is 9.74. The average molecular weight is 178 g/mol. The maximum atomic E-state index is 5.87. The number of aromatic nitrogens is 1. The first-order valence-electron chi connectivity index (χ1n) is 4.15. The third-order valence-electron chi connectivity index (χ3n) is 1.79. The van der Waals surface area contributed by atoms with Crippen molar-refractivity contribution in [3.63, 3.8) is 0 Å². The molecule has 0 unspecified atom stereocenters. The van der Waals surface area contributed by atoms with Crippen LogP contribution in [0.5, 0.6) is 5.75 Å². The molecule has 13 heavy (non-hydrogen) atoms. The molecule has 0 fully saturated rings. The topological polar surface area (TPSA) is 48.1 Å². The average Bonchev–Trinajstić information content (AvgIpc) is 2.18. The Balaban J connectivity index is 2.91. The van der Waals surface area contributed by atoms with Gasteiger partial charge >= 0.3 is 0 Å². The summed E-state index contributed by atoms with van der Waals surface area (Å²) in [5.41, 5.74) is 6.65. The van der Waals surface area contributed by atoms with Gasteiger partial charge in [-0.05, 0) is 18.6 Å². The third-order valence-corrected chi connectivity index (χ3v) is 1.79. The minimum atomic E-state index is -0.131. The number of rotatable bonds is 4. The summed E-state index contributed by atoms with van der Waals surface area (Å²) >= 11 is 0. The zero-order valence-corrected chi connectivity index (χ0v) is 7.73. The number of hydrogen-bond acceptors (Lipinski definition) is 3. The summed E-state index contributed by atoms with van der Waals surface area (Å²) in [7, 11) is 1.61. The molecule has 0 spiro atoms. The van der Waals surface area contributed by atoms with Crippen LogP contribution >= 0.6 is 0 Å². The fourth-order valence-corrected chi connectivity index (χ4v) is 1.15. The predicted octanol–water partition coefficient (Wildman–Crippen LogP) is 1.67. The fourth-order valence-electron chi connectivity index (χ4n) is 1.15. The Labute approximate surface area is 78.2 Å². The third kappa shape index (κ3) is 2.29. The maximum absolute atomic E-state index is 5.87. The quantitative estimate of drug-likeness (QED) is 0.713. The van der Waals surface area contributed by atoms with Crippen LogP contribution in [0.3, 0.4) is 0 Å². The normalized spacial score (nSPS) is 12.2. The molecule has 3 heteroatoms. The van der Waals surface area contributed by atoms with Crippen LogP contribution < -0.4 is 10.5 Å². The molecular formula is C10H14N2O. The van der Waals surface area contributed by atoms with Gasteiger partial charge in [0.2, 0.25) is 0 Å². The van der Waals surface area contributed by atoms with Gasteiger partial charge in [0.25, 0.3) is 0 Å². The van der Waals surface area contributed by atoms with Crippen molar-refractivity contribution < 1.29 is 4.74 Å². The SMILES string of the molecule is C=CC[C@@H](N)c1ncccc1OC. The van der Waals surface area contributed by atoms with E-state index in [1.807, 2.05) is 12.1 Å². The Hall–Kier alpha value is -1.35. The highest BCUT2D eigenvalue weighted by molar-refractivity contribution is 5.29. The second-order valence-electron chi connectivity index (χ2n) is 2.72. The monoisotopic (exact) mass is 178 g/mol. The molecule has 0 saturated heterocycles. The van der Waals surface area contributed by atoms with Gasteiger partial charge in [-0.3, -0.25) is 4.98 Å². The van der Waals surface area contributed by atoms with E-state index in [1.54, 1.807) is 19.4 Å². The molecule has 1 rings (SSSR count). The fraction of sp³-hybridized carbons (Fsp3) is 0.300. The Morgan fingerprint density at radius 1 is 1.77 bits per heavy atom. The predicted molar refractivity (Wildman–Crippen MR) is 52.5 cm³/mol. The molecule has 0 aromatic carbocycles. The zero-order chi connectivity index (χ0) is 9.68. The van der Waals surface area contributed by atoms with Crippen LogP contribution in [0, 0.1) is 0 Å². The lowest BCUT2D eigenvalue weighted by Gasteiger charge is -2.11. The minimum absolute atomic E-state index is 0.131. The molecule has 0 saturated carbocycles. The van der Waals surface area contributed by atoms with Crippen molar-refractivity contribution >= 4 is 0 Å². The van der Waals surface area contributed by atoms with Gasteiger partial charge in [-0.25, -0.2) is 0 Å². The molecule has 1 aromatic rings. The number of nitrogens with two attached hydrogens (primary N) is 1. The van der Waals surface area contributed by atoms with Crippen LogP contribution in [0.2, 0.25) is 0 Å². The summed E-state index contributed by atoms with van der Waals surface area (Å²) in [5, 5.41) is 0. The summed E-state index contributed by atoms with van der Waals surface area (Å²) < 4.78 is 5.14. The zero-order valence-electron chi connectivity index (χ0n) is 7.73. The second-order valence-corrected chi connectivity index (χ2v) is 2.72. The van der Waals surface area contributed by atoms with Crippen molar-refractivity contribution in [1.29, 1.82) is 0 Å². The van der Waals surface area contributed by atoms with E-state index in [4.69, 9.17) is 10.5 Å². The van der Waals surface area contributed by atoms with Gasteiger partial charge in [0.05, 0.1) is 18.8 Å². The molecule has 0 aliphatic rings. The molecular weight excluding hydrogens is 164 g/mol. The largest absolute Gasteiger partial charge is 0.495 e. The molecule has 1 atom stereocenters. The molecule has 2 N–H and O–H groups in total. The van der Waals surface area contributed by atoms with Gasteiger partial charge in [-0.2, -0.15) is 0 Å². The van der Waals surface area contributed by atoms with Crippen molar-refractivity contribution in [1.82, 2.24) is 4.98 Å². The molecule has 0 radical (unpaired) electrons. The molecule has 0 aliphatic carbocycles. The van der Waals surface area contributed by atoms with Gasteiger partial charge in [-0.1, -0.05) is 6.08 Å². The van der Waals surface area contributed by atoms with Crippen LogP contribution in [0.25, 0.3) is 0 Å². The van der Waals surface area contributed by atoms with Crippen molar-refractivity contribution in [2.75, 3.05) is 7.11 Å². The van der Waals surface area contributed by atoms with Crippen LogP contribution in [0.4, 0.5) is 0 Å². The van der Waals surface area contributed by atoms with E-state index in [2.05, 4.69) is 11.6 Å². The smallest absolute Gasteiger partial charge is 0.141 e. The van der Waals surface area contributed by atoms with E-state index < -0.39 is 0 Å². The lowest BCUT2D eigenvalue weighted by Crippen LogP contribution is -2.12. The van der Waals surface area contributed by atoms with Gasteiger partial charge in [-0.15, -0.1) is 6.58 Å². The number of pyridine rings is 1. The van der Waals surface area contributed by atoms with Gasteiger partial charge in [0, 0.05) is 6.20 Å². The summed E-state index contributed by atoms with van der Waals surface area (Å²) in [4.78, 5) is 4.17. The summed E-state index contributed by atoms with van der Waals surface area (Å²) in [6.07, 6.45) is 4.19. The molecule has 0 amide bonds. The van der Waals surface area contributed by atoms with E-state index in [0.29, 0.717) is 6.42 Å².